The van der Waals surface area contributed by atoms with Crippen LogP contribution in [0.5, 0.6) is 0 Å². The van der Waals surface area contributed by atoms with Crippen molar-refractivity contribution in [3.8, 4) is 5.69 Å². The lowest BCUT2D eigenvalue weighted by molar-refractivity contribution is 0.0371. The number of carbonyl (C=O) groups excluding carboxylic acids is 6. The third-order valence-corrected chi connectivity index (χ3v) is 16.2. The van der Waals surface area contributed by atoms with E-state index < -0.39 is 55.9 Å². The highest BCUT2D eigenvalue weighted by molar-refractivity contribution is 7.93. The van der Waals surface area contributed by atoms with Crippen LogP contribution in [0.2, 0.25) is 0 Å². The monoisotopic (exact) mass is 1230 g/mol. The first-order valence-electron chi connectivity index (χ1n) is 24.8. The highest BCUT2D eigenvalue weighted by Crippen LogP contribution is 2.36. The van der Waals surface area contributed by atoms with Gasteiger partial charge in [0.15, 0.2) is 0 Å². The Morgan fingerprint density at radius 2 is 0.614 bits per heavy atom. The van der Waals surface area contributed by atoms with Crippen molar-refractivity contribution in [3.05, 3.63) is 124 Å². The minimum absolute atomic E-state index is 0.0494. The Balaban J connectivity index is 1.54. The van der Waals surface area contributed by atoms with E-state index in [-0.39, 0.29) is 149 Å². The van der Waals surface area contributed by atoms with Crippen LogP contribution in [0.3, 0.4) is 0 Å². The van der Waals surface area contributed by atoms with Gasteiger partial charge in [-0.25, -0.2) is 48.9 Å². The number of carbonyl (C=O) groups is 6. The number of esters is 6. The molecular formula is C54H59N3O22S4. The first-order chi connectivity index (χ1) is 39.8. The number of hydrogen-bond donors (Lipinski definition) is 2. The van der Waals surface area contributed by atoms with Crippen LogP contribution in [0.15, 0.2) is 101 Å². The number of methoxy groups -OCH3 is 6. The van der Waals surface area contributed by atoms with E-state index in [0.717, 1.165) is 23.1 Å². The van der Waals surface area contributed by atoms with Gasteiger partial charge in [0.1, 0.15) is 39.6 Å². The van der Waals surface area contributed by atoms with Gasteiger partial charge in [-0.1, -0.05) is 12.1 Å². The van der Waals surface area contributed by atoms with Gasteiger partial charge < -0.3 is 56.8 Å². The van der Waals surface area contributed by atoms with Gasteiger partial charge in [-0.3, -0.25) is 9.44 Å². The van der Waals surface area contributed by atoms with Gasteiger partial charge in [0.25, 0.3) is 20.0 Å². The Kier molecular flexibility index (Phi) is 24.3. The minimum Gasteiger partial charge on any atom is -0.460 e. The van der Waals surface area contributed by atoms with Crippen LogP contribution < -0.4 is 9.44 Å². The second kappa shape index (κ2) is 31.2. The molecule has 6 aromatic rings. The molecule has 83 heavy (non-hydrogen) atoms. The van der Waals surface area contributed by atoms with E-state index in [4.69, 9.17) is 56.8 Å². The number of nitrogens with zero attached hydrogens (tertiary/aromatic N) is 1. The number of ether oxygens (including phenoxy) is 12. The zero-order valence-corrected chi connectivity index (χ0v) is 49.0. The van der Waals surface area contributed by atoms with Crippen LogP contribution in [-0.2, 0) is 76.9 Å². The van der Waals surface area contributed by atoms with Crippen LogP contribution in [-0.4, -0.2) is 178 Å². The lowest BCUT2D eigenvalue weighted by Gasteiger charge is -2.13. The van der Waals surface area contributed by atoms with Gasteiger partial charge in [-0.15, -0.1) is 0 Å². The number of nitrogens with one attached hydrogen (secondary N) is 2. The van der Waals surface area contributed by atoms with Crippen LogP contribution in [0, 0.1) is 0 Å². The zero-order valence-electron chi connectivity index (χ0n) is 45.7. The Morgan fingerprint density at radius 1 is 0.361 bits per heavy atom. The predicted molar refractivity (Wildman–Crippen MR) is 302 cm³/mol. The summed E-state index contributed by atoms with van der Waals surface area (Å²) in [5, 5.41) is 0.756. The molecule has 446 valence electrons. The Hall–Kier alpha value is -7.58. The number of hydrogen-bond acceptors (Lipinski definition) is 24. The summed E-state index contributed by atoms with van der Waals surface area (Å²) in [6, 6.07) is 19.2. The minimum atomic E-state index is -4.62. The molecule has 6 rings (SSSR count). The first-order valence-corrected chi connectivity index (χ1v) is 29.3. The molecule has 0 spiro atoms. The lowest BCUT2D eigenvalue weighted by atomic mass is 10.1. The molecule has 1 aromatic heterocycles. The number of fused-ring (bicyclic) bond motifs is 3. The maximum atomic E-state index is 14.5. The van der Waals surface area contributed by atoms with E-state index in [1.54, 1.807) is 0 Å². The fourth-order valence-electron chi connectivity index (χ4n) is 7.27. The third kappa shape index (κ3) is 18.2. The Labute approximate surface area is 485 Å². The van der Waals surface area contributed by atoms with Crippen molar-refractivity contribution in [1.29, 1.82) is 0 Å². The van der Waals surface area contributed by atoms with E-state index in [2.05, 4.69) is 9.44 Å². The molecule has 0 aliphatic heterocycles. The Morgan fingerprint density at radius 3 is 0.867 bits per heavy atom. The largest absolute Gasteiger partial charge is 0.460 e. The SMILES string of the molecule is COCCOC(=O)c1cc(NS(=O)(=O)c2ccc3c(c2)sn(-c2cc(C(=O)OCCOC)cc(C(=O)OCCOC)c2)sc2cc(S(=O)(=O)Nc4cc(C(=O)OCCOC)cc(C(=O)OCCOC)c4)ccc23)cc(C(=O)OCCOC)c1. The van der Waals surface area contributed by atoms with Crippen molar-refractivity contribution in [2.75, 3.05) is 131 Å². The number of rotatable bonds is 31. The van der Waals surface area contributed by atoms with E-state index in [9.17, 15) is 45.6 Å². The summed E-state index contributed by atoms with van der Waals surface area (Å²) in [4.78, 5) is 79.1. The van der Waals surface area contributed by atoms with Gasteiger partial charge in [-0.2, -0.15) is 0 Å². The van der Waals surface area contributed by atoms with Crippen molar-refractivity contribution in [1.82, 2.24) is 3.35 Å². The number of aromatic nitrogens is 1. The molecule has 0 radical (unpaired) electrons. The molecule has 0 unspecified atom stereocenters. The molecule has 0 aliphatic rings. The van der Waals surface area contributed by atoms with Crippen molar-refractivity contribution in [2.45, 2.75) is 9.79 Å². The summed E-state index contributed by atoms with van der Waals surface area (Å²) in [5.74, 6) is -5.28. The van der Waals surface area contributed by atoms with E-state index >= 15 is 0 Å². The predicted octanol–water partition coefficient (Wildman–Crippen LogP) is 6.45. The van der Waals surface area contributed by atoms with Crippen molar-refractivity contribution in [3.63, 3.8) is 0 Å². The van der Waals surface area contributed by atoms with Gasteiger partial charge in [0.05, 0.1) is 109 Å². The fraction of sp³-hybridized carbons (Fsp3) is 0.333. The van der Waals surface area contributed by atoms with Crippen LogP contribution in [0.25, 0.3) is 25.9 Å². The van der Waals surface area contributed by atoms with E-state index in [1.807, 2.05) is 0 Å². The topological polar surface area (TPSA) is 310 Å². The second-order valence-corrected chi connectivity index (χ2v) is 22.7. The molecule has 0 saturated carbocycles. The van der Waals surface area contributed by atoms with Gasteiger partial charge in [-0.05, 0) is 102 Å². The molecule has 0 fully saturated rings. The molecular weight excluding hydrogens is 1170 g/mol. The number of anilines is 2. The molecule has 2 N–H and O–H groups in total. The summed E-state index contributed by atoms with van der Waals surface area (Å²) in [6.07, 6.45) is 0. The summed E-state index contributed by atoms with van der Waals surface area (Å²) >= 11 is 1.85. The molecule has 0 saturated heterocycles. The van der Waals surface area contributed by atoms with Crippen molar-refractivity contribution < 1.29 is 102 Å². The van der Waals surface area contributed by atoms with E-state index in [1.165, 1.54) is 137 Å². The molecule has 1 heterocycles. The Bertz CT molecular complexity index is 3290. The molecule has 0 amide bonds. The average molecular weight is 1230 g/mol. The van der Waals surface area contributed by atoms with Gasteiger partial charge >= 0.3 is 35.8 Å². The smallest absolute Gasteiger partial charge is 0.338 e. The van der Waals surface area contributed by atoms with Crippen molar-refractivity contribution in [2.24, 2.45) is 0 Å². The number of benzene rings is 5. The van der Waals surface area contributed by atoms with E-state index in [0.29, 0.717) is 10.8 Å². The summed E-state index contributed by atoms with van der Waals surface area (Å²) < 4.78 is 127. The van der Waals surface area contributed by atoms with Crippen molar-refractivity contribution >= 4 is 110 Å². The summed E-state index contributed by atoms with van der Waals surface area (Å²) in [7, 11) is -0.805. The van der Waals surface area contributed by atoms with Crippen LogP contribution >= 0.6 is 23.1 Å². The highest BCUT2D eigenvalue weighted by atomic mass is 32.2. The maximum Gasteiger partial charge on any atom is 0.338 e. The van der Waals surface area contributed by atoms with Gasteiger partial charge in [0, 0.05) is 53.4 Å². The lowest BCUT2D eigenvalue weighted by Crippen LogP contribution is -2.16. The maximum absolute atomic E-state index is 14.5. The normalized spacial score (nSPS) is 11.4. The average Bonchev–Trinajstić information content (AvgIpc) is 3.73. The van der Waals surface area contributed by atoms with Gasteiger partial charge in [0.2, 0.25) is 0 Å². The molecule has 5 aromatic carbocycles. The highest BCUT2D eigenvalue weighted by Gasteiger charge is 2.25. The molecule has 29 heteroatoms. The van der Waals surface area contributed by atoms with Crippen LogP contribution in [0.4, 0.5) is 11.4 Å². The number of sulfonamides is 2. The molecule has 0 atom stereocenters. The third-order valence-electron chi connectivity index (χ3n) is 11.2. The zero-order chi connectivity index (χ0) is 60.1. The quantitative estimate of drug-likeness (QED) is 0.0268. The summed E-state index contributed by atoms with van der Waals surface area (Å²) in [6.45, 7) is -0.594. The standard InChI is InChI=1S/C54H59N3O22S4/c1-68-11-17-74-49(58)34-23-35(50(59)75-18-12-69-2)27-40(26-34)55-82(64,65)43-7-9-45-46-10-8-44(83(66,67)56-41-28-36(51(60)76-19-13-70-3)24-37(29-41)52(61)77-20-14-71-4)33-48(46)81-57(80-47(45)32-43)42-30-38(53(62)78-21-15-72-5)25-39(31-42)54(63)79-22-16-73-6/h7-10,23-33,55-56H,11-22H2,1-6H3. The fourth-order valence-corrected chi connectivity index (χ4v) is 11.9. The molecule has 0 bridgehead atoms. The molecule has 25 nitrogen and oxygen atoms in total. The first kappa shape index (κ1) is 64.6. The van der Waals surface area contributed by atoms with Crippen LogP contribution in [0.1, 0.15) is 62.1 Å². The summed E-state index contributed by atoms with van der Waals surface area (Å²) in [5.41, 5.74) is -1.30. The molecule has 0 aliphatic carbocycles. The second-order valence-electron chi connectivity index (χ2n) is 17.1.